The van der Waals surface area contributed by atoms with Gasteiger partial charge in [0, 0.05) is 0 Å². The summed E-state index contributed by atoms with van der Waals surface area (Å²) in [5.74, 6) is 5.60. The second kappa shape index (κ2) is 12.7. The highest BCUT2D eigenvalue weighted by atomic mass is 33.2. The van der Waals surface area contributed by atoms with Crippen LogP contribution in [0.5, 0.6) is 0 Å². The zero-order valence-corrected chi connectivity index (χ0v) is 16.6. The first-order valence-corrected chi connectivity index (χ1v) is 12.4. The minimum atomic E-state index is -0.345. The summed E-state index contributed by atoms with van der Waals surface area (Å²) >= 11 is 0. The first-order valence-electron chi connectivity index (χ1n) is 8.75. The predicted octanol–water partition coefficient (Wildman–Crippen LogP) is 7.36. The van der Waals surface area contributed by atoms with E-state index in [1.807, 2.05) is 0 Å². The van der Waals surface area contributed by atoms with Crippen LogP contribution in [-0.4, -0.2) is 23.0 Å². The molecule has 0 aromatic rings. The molecule has 0 aliphatic heterocycles. The molecule has 0 aromatic heterocycles. The Morgan fingerprint density at radius 1 is 0.857 bits per heavy atom. The van der Waals surface area contributed by atoms with Crippen LogP contribution in [0.15, 0.2) is 24.3 Å². The monoisotopic (exact) mass is 330 g/mol. The normalized spacial score (nSPS) is 12.4. The van der Waals surface area contributed by atoms with Gasteiger partial charge in [0.15, 0.2) is 0 Å². The summed E-state index contributed by atoms with van der Waals surface area (Å²) < 4.78 is 0. The third-order valence-corrected chi connectivity index (χ3v) is 12.3. The fourth-order valence-corrected chi connectivity index (χ4v) is 8.47. The van der Waals surface area contributed by atoms with Crippen molar-refractivity contribution in [3.8, 4) is 0 Å². The van der Waals surface area contributed by atoms with Gasteiger partial charge < -0.3 is 0 Å². The SMILES string of the molecule is C=C(C)C(=C)CCCCCCCCS(CC)(CC)SCC. The Hall–Kier alpha value is 0.180. The third kappa shape index (κ3) is 9.73. The molecule has 0 atom stereocenters. The quantitative estimate of drug-likeness (QED) is 0.182. The molecular weight excluding hydrogens is 292 g/mol. The molecule has 0 bridgehead atoms. The van der Waals surface area contributed by atoms with E-state index in [1.165, 1.54) is 67.1 Å². The zero-order chi connectivity index (χ0) is 16.1. The first-order chi connectivity index (χ1) is 10.0. The van der Waals surface area contributed by atoms with Crippen LogP contribution in [0.2, 0.25) is 0 Å². The average molecular weight is 331 g/mol. The molecule has 0 radical (unpaired) electrons. The van der Waals surface area contributed by atoms with E-state index in [0.29, 0.717) is 0 Å². The Morgan fingerprint density at radius 3 is 1.86 bits per heavy atom. The fourth-order valence-electron chi connectivity index (χ4n) is 2.59. The summed E-state index contributed by atoms with van der Waals surface area (Å²) in [5.41, 5.74) is 2.40. The van der Waals surface area contributed by atoms with Gasteiger partial charge in [-0.1, -0.05) is 70.8 Å². The topological polar surface area (TPSA) is 0 Å². The minimum Gasteiger partial charge on any atom is -0.193 e. The fraction of sp³-hybridized carbons (Fsp3) is 0.789. The molecule has 21 heavy (non-hydrogen) atoms. The van der Waals surface area contributed by atoms with E-state index in [1.54, 1.807) is 0 Å². The molecule has 126 valence electrons. The lowest BCUT2D eigenvalue weighted by atomic mass is 10.0. The lowest BCUT2D eigenvalue weighted by molar-refractivity contribution is 0.609. The zero-order valence-electron chi connectivity index (χ0n) is 15.0. The summed E-state index contributed by atoms with van der Waals surface area (Å²) in [7, 11) is 1.92. The molecule has 0 amide bonds. The lowest BCUT2D eigenvalue weighted by Crippen LogP contribution is -2.07. The highest BCUT2D eigenvalue weighted by Crippen LogP contribution is 2.59. The van der Waals surface area contributed by atoms with Crippen LogP contribution in [-0.2, 0) is 0 Å². The van der Waals surface area contributed by atoms with E-state index in [9.17, 15) is 0 Å². The Kier molecular flexibility index (Phi) is 12.8. The Balaban J connectivity index is 3.63. The molecule has 0 aromatic carbocycles. The van der Waals surface area contributed by atoms with E-state index in [2.05, 4.69) is 51.6 Å². The highest BCUT2D eigenvalue weighted by Gasteiger charge is 2.18. The van der Waals surface area contributed by atoms with Crippen molar-refractivity contribution in [3.63, 3.8) is 0 Å². The molecular formula is C19H38S2. The standard InChI is InChI=1S/C19H38S2/c1-7-20-21(8-2,9-3)17-15-13-11-10-12-14-16-19(6)18(4)5/h4,6-17H2,1-3,5H3. The van der Waals surface area contributed by atoms with Crippen molar-refractivity contribution in [1.29, 1.82) is 0 Å². The average Bonchev–Trinajstić information content (AvgIpc) is 2.48. The number of hydrogen-bond donors (Lipinski definition) is 0. The molecule has 0 unspecified atom stereocenters. The maximum Gasteiger partial charge on any atom is -0.000642 e. The number of allylic oxidation sites excluding steroid dienone is 2. The van der Waals surface area contributed by atoms with E-state index in [-0.39, 0.29) is 9.06 Å². The van der Waals surface area contributed by atoms with E-state index < -0.39 is 0 Å². The van der Waals surface area contributed by atoms with Crippen LogP contribution < -0.4 is 0 Å². The van der Waals surface area contributed by atoms with Gasteiger partial charge in [-0.05, 0) is 49.2 Å². The van der Waals surface area contributed by atoms with Crippen LogP contribution in [0.4, 0.5) is 0 Å². The summed E-state index contributed by atoms with van der Waals surface area (Å²) in [4.78, 5) is 0. The molecule has 0 N–H and O–H groups in total. The Bertz CT molecular complexity index is 290. The Morgan fingerprint density at radius 2 is 1.38 bits per heavy atom. The molecule has 0 heterocycles. The van der Waals surface area contributed by atoms with Crippen LogP contribution in [0.25, 0.3) is 0 Å². The number of hydrogen-bond acceptors (Lipinski definition) is 1. The first kappa shape index (κ1) is 21.2. The van der Waals surface area contributed by atoms with E-state index >= 15 is 0 Å². The molecule has 0 rings (SSSR count). The minimum absolute atomic E-state index is 0.345. The van der Waals surface area contributed by atoms with Crippen molar-refractivity contribution in [3.05, 3.63) is 24.3 Å². The molecule has 0 saturated carbocycles. The molecule has 0 fully saturated rings. The molecule has 2 heteroatoms. The van der Waals surface area contributed by atoms with Crippen molar-refractivity contribution in [2.45, 2.75) is 72.6 Å². The van der Waals surface area contributed by atoms with Crippen molar-refractivity contribution < 1.29 is 0 Å². The highest BCUT2D eigenvalue weighted by molar-refractivity contribution is 8.94. The van der Waals surface area contributed by atoms with Gasteiger partial charge in [-0.25, -0.2) is 0 Å². The van der Waals surface area contributed by atoms with Gasteiger partial charge >= 0.3 is 0 Å². The van der Waals surface area contributed by atoms with Crippen molar-refractivity contribution in [2.24, 2.45) is 0 Å². The maximum absolute atomic E-state index is 4.07. The Labute approximate surface area is 140 Å². The van der Waals surface area contributed by atoms with E-state index in [0.717, 1.165) is 12.0 Å². The number of rotatable bonds is 14. The molecule has 0 spiro atoms. The number of unbranched alkanes of at least 4 members (excludes halogenated alkanes) is 5. The second-order valence-corrected chi connectivity index (χ2v) is 13.0. The van der Waals surface area contributed by atoms with Gasteiger partial charge in [0.1, 0.15) is 0 Å². The van der Waals surface area contributed by atoms with Crippen LogP contribution >= 0.6 is 19.9 Å². The molecule has 0 nitrogen and oxygen atoms in total. The van der Waals surface area contributed by atoms with Gasteiger partial charge in [-0.2, -0.15) is 9.06 Å². The van der Waals surface area contributed by atoms with E-state index in [4.69, 9.17) is 0 Å². The lowest BCUT2D eigenvalue weighted by Gasteiger charge is -2.37. The van der Waals surface area contributed by atoms with Crippen molar-refractivity contribution in [2.75, 3.05) is 23.0 Å². The third-order valence-electron chi connectivity index (χ3n) is 4.27. The second-order valence-electron chi connectivity index (χ2n) is 5.91. The van der Waals surface area contributed by atoms with Gasteiger partial charge in [-0.3, -0.25) is 0 Å². The smallest absolute Gasteiger partial charge is 0.000642 e. The van der Waals surface area contributed by atoms with Gasteiger partial charge in [0.2, 0.25) is 0 Å². The van der Waals surface area contributed by atoms with Crippen molar-refractivity contribution >= 4 is 19.9 Å². The van der Waals surface area contributed by atoms with Gasteiger partial charge in [-0.15, -0.1) is 10.8 Å². The largest absolute Gasteiger partial charge is 0.193 e. The van der Waals surface area contributed by atoms with Crippen LogP contribution in [0.1, 0.15) is 72.6 Å². The van der Waals surface area contributed by atoms with Gasteiger partial charge in [0.05, 0.1) is 0 Å². The molecule has 0 saturated heterocycles. The maximum atomic E-state index is 4.07. The van der Waals surface area contributed by atoms with Crippen LogP contribution in [0, 0.1) is 0 Å². The van der Waals surface area contributed by atoms with Crippen molar-refractivity contribution in [1.82, 2.24) is 0 Å². The summed E-state index contributed by atoms with van der Waals surface area (Å²) in [6, 6.07) is 0. The predicted molar refractivity (Wildman–Crippen MR) is 108 cm³/mol. The summed E-state index contributed by atoms with van der Waals surface area (Å²) in [6.07, 6.45) is 9.47. The summed E-state index contributed by atoms with van der Waals surface area (Å²) in [6.45, 7) is 17.2. The molecule has 0 aliphatic carbocycles. The van der Waals surface area contributed by atoms with Gasteiger partial charge in [0.25, 0.3) is 0 Å². The molecule has 0 aliphatic rings. The summed E-state index contributed by atoms with van der Waals surface area (Å²) in [5, 5.41) is 0. The van der Waals surface area contributed by atoms with Crippen LogP contribution in [0.3, 0.4) is 0 Å².